The number of carbonyl (C=O) groups is 2. The average Bonchev–Trinajstić information content (AvgIpc) is 2.99. The number of amides is 1. The molecule has 0 aliphatic heterocycles. The summed E-state index contributed by atoms with van der Waals surface area (Å²) in [6, 6.07) is 6.42. The van der Waals surface area contributed by atoms with Gasteiger partial charge in [-0.3, -0.25) is 9.59 Å². The zero-order valence-electron chi connectivity index (χ0n) is 13.7. The lowest BCUT2D eigenvalue weighted by atomic mass is 10.1. The number of carbonyl (C=O) groups excluding carboxylic acids is 1. The van der Waals surface area contributed by atoms with Crippen LogP contribution in [0, 0.1) is 6.92 Å². The van der Waals surface area contributed by atoms with Crippen LogP contribution < -0.4 is 5.32 Å². The first-order valence-electron chi connectivity index (χ1n) is 7.50. The lowest BCUT2D eigenvalue weighted by molar-refractivity contribution is -0.143. The van der Waals surface area contributed by atoms with Crippen molar-refractivity contribution in [1.29, 1.82) is 0 Å². The van der Waals surface area contributed by atoms with Crippen LogP contribution in [-0.4, -0.2) is 44.8 Å². The molecule has 6 nitrogen and oxygen atoms in total. The van der Waals surface area contributed by atoms with Crippen molar-refractivity contribution in [1.82, 2.24) is 15.1 Å². The minimum Gasteiger partial charge on any atom is -0.481 e. The number of thioether (sulfide) groups is 1. The number of alkyl halides is 3. The maximum atomic E-state index is 13.5. The number of nitrogens with zero attached hydrogens (tertiary/aromatic N) is 2. The van der Waals surface area contributed by atoms with Crippen molar-refractivity contribution in [3.05, 3.63) is 47.3 Å². The summed E-state index contributed by atoms with van der Waals surface area (Å²) in [6.07, 6.45) is -3.89. The van der Waals surface area contributed by atoms with Crippen molar-refractivity contribution in [3.63, 3.8) is 0 Å². The number of benzene rings is 1. The second-order valence-electron chi connectivity index (χ2n) is 5.31. The second-order valence-corrected chi connectivity index (χ2v) is 6.41. The topological polar surface area (TPSA) is 84.2 Å². The summed E-state index contributed by atoms with van der Waals surface area (Å²) < 4.78 is 41.3. The van der Waals surface area contributed by atoms with E-state index in [9.17, 15) is 22.8 Å². The standard InChI is InChI=1S/C16H16F3N3O3S/c1-10-4-2-3-5-12(10)22-14(16(17,18)19)11(8-21-22)15(25)20-6-7-26-9-13(23)24/h2-5,8H,6-7,9H2,1H3,(H,20,25)(H,23,24). The average molecular weight is 387 g/mol. The van der Waals surface area contributed by atoms with Crippen molar-refractivity contribution < 1.29 is 27.9 Å². The van der Waals surface area contributed by atoms with E-state index in [1.807, 2.05) is 0 Å². The van der Waals surface area contributed by atoms with Gasteiger partial charge in [0.15, 0.2) is 5.69 Å². The highest BCUT2D eigenvalue weighted by Crippen LogP contribution is 2.34. The molecule has 1 amide bonds. The fourth-order valence-electron chi connectivity index (χ4n) is 2.26. The van der Waals surface area contributed by atoms with Gasteiger partial charge in [0.2, 0.25) is 0 Å². The van der Waals surface area contributed by atoms with Gasteiger partial charge in [0.25, 0.3) is 5.91 Å². The van der Waals surface area contributed by atoms with E-state index in [1.165, 1.54) is 6.07 Å². The Morgan fingerprint density at radius 1 is 1.31 bits per heavy atom. The molecule has 0 aliphatic carbocycles. The molecule has 1 aromatic carbocycles. The van der Waals surface area contributed by atoms with Gasteiger partial charge in [0, 0.05) is 12.3 Å². The van der Waals surface area contributed by atoms with Crippen molar-refractivity contribution in [2.45, 2.75) is 13.1 Å². The van der Waals surface area contributed by atoms with E-state index in [-0.39, 0.29) is 23.7 Å². The Hall–Kier alpha value is -2.49. The summed E-state index contributed by atoms with van der Waals surface area (Å²) in [5.74, 6) is -1.78. The van der Waals surface area contributed by atoms with Crippen molar-refractivity contribution >= 4 is 23.6 Å². The fourth-order valence-corrected chi connectivity index (χ4v) is 2.83. The molecule has 0 fully saturated rings. The number of hydrogen-bond donors (Lipinski definition) is 2. The maximum absolute atomic E-state index is 13.5. The number of rotatable bonds is 7. The van der Waals surface area contributed by atoms with Gasteiger partial charge in [-0.2, -0.15) is 18.3 Å². The molecule has 26 heavy (non-hydrogen) atoms. The first kappa shape index (κ1) is 19.8. The summed E-state index contributed by atoms with van der Waals surface area (Å²) in [5, 5.41) is 14.6. The summed E-state index contributed by atoms with van der Waals surface area (Å²) in [7, 11) is 0. The Morgan fingerprint density at radius 3 is 2.62 bits per heavy atom. The van der Waals surface area contributed by atoms with E-state index in [1.54, 1.807) is 25.1 Å². The molecule has 2 N–H and O–H groups in total. The van der Waals surface area contributed by atoms with Gasteiger partial charge in [-0.25, -0.2) is 4.68 Å². The van der Waals surface area contributed by atoms with Crippen LogP contribution >= 0.6 is 11.8 Å². The number of carboxylic acids is 1. The normalized spacial score (nSPS) is 11.4. The molecule has 140 valence electrons. The molecule has 1 aromatic heterocycles. The Labute approximate surface area is 151 Å². The molecular formula is C16H16F3N3O3S. The molecule has 0 unspecified atom stereocenters. The first-order chi connectivity index (χ1) is 12.2. The van der Waals surface area contributed by atoms with Crippen LogP contribution in [0.25, 0.3) is 5.69 Å². The number of aliphatic carboxylic acids is 1. The van der Waals surface area contributed by atoms with Gasteiger partial charge >= 0.3 is 12.1 Å². The van der Waals surface area contributed by atoms with E-state index in [2.05, 4.69) is 10.4 Å². The Bertz CT molecular complexity index is 806. The summed E-state index contributed by atoms with van der Waals surface area (Å²) in [4.78, 5) is 22.5. The highest BCUT2D eigenvalue weighted by atomic mass is 32.2. The third-order valence-corrected chi connectivity index (χ3v) is 4.33. The Morgan fingerprint density at radius 2 is 2.00 bits per heavy atom. The van der Waals surface area contributed by atoms with E-state index in [4.69, 9.17) is 5.11 Å². The van der Waals surface area contributed by atoms with Crippen LogP contribution in [0.2, 0.25) is 0 Å². The lowest BCUT2D eigenvalue weighted by Crippen LogP contribution is -2.28. The van der Waals surface area contributed by atoms with Gasteiger partial charge in [-0.15, -0.1) is 11.8 Å². The molecule has 0 saturated carbocycles. The highest BCUT2D eigenvalue weighted by Gasteiger charge is 2.40. The van der Waals surface area contributed by atoms with Gasteiger partial charge in [0.1, 0.15) is 0 Å². The number of halogens is 3. The zero-order chi connectivity index (χ0) is 19.3. The van der Waals surface area contributed by atoms with Crippen molar-refractivity contribution in [3.8, 4) is 5.69 Å². The third kappa shape index (κ3) is 4.78. The number of para-hydroxylation sites is 1. The van der Waals surface area contributed by atoms with Gasteiger partial charge in [-0.05, 0) is 18.6 Å². The number of carboxylic acid groups (broad SMARTS) is 1. The quantitative estimate of drug-likeness (QED) is 0.714. The minimum absolute atomic E-state index is 0.0453. The van der Waals surface area contributed by atoms with Crippen molar-refractivity contribution in [2.75, 3.05) is 18.1 Å². The van der Waals surface area contributed by atoms with Gasteiger partial charge in [0.05, 0.1) is 23.2 Å². The molecule has 0 bridgehead atoms. The molecule has 2 rings (SSSR count). The first-order valence-corrected chi connectivity index (χ1v) is 8.66. The Kier molecular flexibility index (Phi) is 6.30. The van der Waals surface area contributed by atoms with E-state index in [0.717, 1.165) is 18.0 Å². The van der Waals surface area contributed by atoms with E-state index >= 15 is 0 Å². The smallest absolute Gasteiger partial charge is 0.434 e. The van der Waals surface area contributed by atoms with Crippen LogP contribution in [0.15, 0.2) is 30.5 Å². The number of hydrogen-bond acceptors (Lipinski definition) is 4. The Balaban J connectivity index is 2.23. The molecule has 0 aliphatic rings. The molecule has 10 heteroatoms. The summed E-state index contributed by atoms with van der Waals surface area (Å²) >= 11 is 1.05. The van der Waals surface area contributed by atoms with Crippen LogP contribution in [0.3, 0.4) is 0 Å². The van der Waals surface area contributed by atoms with Gasteiger partial charge < -0.3 is 10.4 Å². The molecular weight excluding hydrogens is 371 g/mol. The van der Waals surface area contributed by atoms with E-state index < -0.39 is 29.3 Å². The number of nitrogens with one attached hydrogen (secondary N) is 1. The fraction of sp³-hybridized carbons (Fsp3) is 0.312. The predicted octanol–water partition coefficient (Wildman–Crippen LogP) is 2.75. The largest absolute Gasteiger partial charge is 0.481 e. The van der Waals surface area contributed by atoms with Crippen LogP contribution in [0.4, 0.5) is 13.2 Å². The molecule has 2 aromatic rings. The maximum Gasteiger partial charge on any atom is 0.434 e. The van der Waals surface area contributed by atoms with E-state index in [0.29, 0.717) is 10.2 Å². The van der Waals surface area contributed by atoms with Crippen LogP contribution in [0.1, 0.15) is 21.6 Å². The predicted molar refractivity (Wildman–Crippen MR) is 90.6 cm³/mol. The van der Waals surface area contributed by atoms with Crippen LogP contribution in [-0.2, 0) is 11.0 Å². The zero-order valence-corrected chi connectivity index (χ0v) is 14.5. The lowest BCUT2D eigenvalue weighted by Gasteiger charge is -2.14. The van der Waals surface area contributed by atoms with Crippen molar-refractivity contribution in [2.24, 2.45) is 0 Å². The molecule has 0 saturated heterocycles. The minimum atomic E-state index is -4.77. The third-order valence-electron chi connectivity index (χ3n) is 3.38. The van der Waals surface area contributed by atoms with Gasteiger partial charge in [-0.1, -0.05) is 18.2 Å². The molecule has 0 radical (unpaired) electrons. The molecule has 1 heterocycles. The molecule has 0 atom stereocenters. The number of aromatic nitrogens is 2. The number of aryl methyl sites for hydroxylation is 1. The highest BCUT2D eigenvalue weighted by molar-refractivity contribution is 7.99. The second kappa shape index (κ2) is 8.26. The molecule has 0 spiro atoms. The summed E-state index contributed by atoms with van der Waals surface area (Å²) in [6.45, 7) is 1.69. The SMILES string of the molecule is Cc1ccccc1-n1ncc(C(=O)NCCSCC(=O)O)c1C(F)(F)F. The summed E-state index contributed by atoms with van der Waals surface area (Å²) in [5.41, 5.74) is -0.916. The monoisotopic (exact) mass is 387 g/mol. The van der Waals surface area contributed by atoms with Crippen LogP contribution in [0.5, 0.6) is 0 Å².